The van der Waals surface area contributed by atoms with Gasteiger partial charge in [-0.25, -0.2) is 0 Å². The van der Waals surface area contributed by atoms with E-state index in [1.807, 2.05) is 54.6 Å². The van der Waals surface area contributed by atoms with E-state index in [0.29, 0.717) is 21.9 Å². The van der Waals surface area contributed by atoms with E-state index in [2.05, 4.69) is 32.9 Å². The molecule has 0 unspecified atom stereocenters. The molecule has 4 aromatic rings. The third kappa shape index (κ3) is 4.63. The Morgan fingerprint density at radius 1 is 1.10 bits per heavy atom. The fourth-order valence-electron chi connectivity index (χ4n) is 3.14. The minimum absolute atomic E-state index is 0.163. The minimum Gasteiger partial charge on any atom is -0.493 e. The van der Waals surface area contributed by atoms with Crippen molar-refractivity contribution in [1.82, 2.24) is 14.6 Å². The molecule has 2 aromatic carbocycles. The van der Waals surface area contributed by atoms with Gasteiger partial charge >= 0.3 is 0 Å². The van der Waals surface area contributed by atoms with Crippen LogP contribution in [0.4, 0.5) is 0 Å². The Kier molecular flexibility index (Phi) is 6.59. The van der Waals surface area contributed by atoms with Crippen molar-refractivity contribution in [2.24, 2.45) is 0 Å². The summed E-state index contributed by atoms with van der Waals surface area (Å²) in [6.07, 6.45) is 6.49. The number of aromatic nitrogens is 3. The molecule has 0 atom stereocenters. The van der Waals surface area contributed by atoms with E-state index in [1.54, 1.807) is 0 Å². The first-order valence-corrected chi connectivity index (χ1v) is 11.7. The lowest BCUT2D eigenvalue weighted by Crippen LogP contribution is -2.23. The Bertz CT molecular complexity index is 1250. The Morgan fingerprint density at radius 3 is 2.67 bits per heavy atom. The lowest BCUT2D eigenvalue weighted by Gasteiger charge is -2.08. The van der Waals surface area contributed by atoms with Gasteiger partial charge in [-0.05, 0) is 30.7 Å². The summed E-state index contributed by atoms with van der Waals surface area (Å²) in [5.41, 5.74) is 1.60. The van der Waals surface area contributed by atoms with Gasteiger partial charge in [-0.2, -0.15) is 9.50 Å². The first-order valence-electron chi connectivity index (χ1n) is 10.0. The molecule has 0 N–H and O–H groups in total. The number of nitrogens with zero attached hydrogens (tertiary/aromatic N) is 3. The number of rotatable bonds is 8. The van der Waals surface area contributed by atoms with Crippen molar-refractivity contribution in [3.63, 3.8) is 0 Å². The van der Waals surface area contributed by atoms with E-state index in [9.17, 15) is 4.79 Å². The number of para-hydroxylation sites is 1. The Hall–Kier alpha value is -2.51. The number of ether oxygens (including phenoxy) is 1. The molecule has 0 spiro atoms. The largest absolute Gasteiger partial charge is 0.493 e. The second-order valence-electron chi connectivity index (χ2n) is 7.00. The number of benzene rings is 2. The summed E-state index contributed by atoms with van der Waals surface area (Å²) in [6, 6.07) is 15.5. The van der Waals surface area contributed by atoms with Gasteiger partial charge in [0.05, 0.1) is 11.1 Å². The first kappa shape index (κ1) is 20.8. The standard InChI is InChI=1S/C23H22BrN3O2S/c1-2-3-4-7-14-29-19-9-6-5-8-17(19)15-20-22(28)27-23(30-20)25-21(26-27)16-10-12-18(24)13-11-16/h5-6,8-13,15H,2-4,7,14H2,1H3/b20-15+. The highest BCUT2D eigenvalue weighted by Gasteiger charge is 2.12. The summed E-state index contributed by atoms with van der Waals surface area (Å²) in [6.45, 7) is 2.88. The van der Waals surface area contributed by atoms with Crippen LogP contribution in [-0.2, 0) is 0 Å². The average Bonchev–Trinajstić information content (AvgIpc) is 3.29. The van der Waals surface area contributed by atoms with E-state index in [4.69, 9.17) is 4.74 Å². The van der Waals surface area contributed by atoms with Crippen LogP contribution in [-0.4, -0.2) is 21.2 Å². The fourth-order valence-corrected chi connectivity index (χ4v) is 4.30. The summed E-state index contributed by atoms with van der Waals surface area (Å²) in [5.74, 6) is 1.34. The van der Waals surface area contributed by atoms with Crippen LogP contribution in [0.1, 0.15) is 38.2 Å². The van der Waals surface area contributed by atoms with E-state index in [0.717, 1.165) is 27.8 Å². The first-order chi connectivity index (χ1) is 14.7. The third-order valence-corrected chi connectivity index (χ3v) is 6.23. The van der Waals surface area contributed by atoms with Gasteiger partial charge in [0.1, 0.15) is 5.75 Å². The second kappa shape index (κ2) is 9.53. The summed E-state index contributed by atoms with van der Waals surface area (Å²) in [5, 5.41) is 4.41. The molecule has 0 aliphatic heterocycles. The monoisotopic (exact) mass is 483 g/mol. The quantitative estimate of drug-likeness (QED) is 0.327. The molecule has 0 saturated heterocycles. The van der Waals surface area contributed by atoms with E-state index in [-0.39, 0.29) is 5.56 Å². The zero-order valence-electron chi connectivity index (χ0n) is 16.7. The number of unbranched alkanes of at least 4 members (excludes halogenated alkanes) is 3. The Labute approximate surface area is 187 Å². The van der Waals surface area contributed by atoms with E-state index >= 15 is 0 Å². The van der Waals surface area contributed by atoms with Crippen LogP contribution in [0.15, 0.2) is 57.8 Å². The van der Waals surface area contributed by atoms with Gasteiger partial charge in [0.25, 0.3) is 5.56 Å². The van der Waals surface area contributed by atoms with Gasteiger partial charge in [0.15, 0.2) is 5.82 Å². The molecule has 0 bridgehead atoms. The van der Waals surface area contributed by atoms with E-state index in [1.165, 1.54) is 35.1 Å². The molecule has 5 nitrogen and oxygen atoms in total. The van der Waals surface area contributed by atoms with Crippen molar-refractivity contribution in [3.05, 3.63) is 73.5 Å². The molecule has 2 aromatic heterocycles. The molecule has 0 saturated carbocycles. The molecule has 0 radical (unpaired) electrons. The highest BCUT2D eigenvalue weighted by molar-refractivity contribution is 9.10. The number of fused-ring (bicyclic) bond motifs is 1. The Balaban J connectivity index is 1.61. The molecule has 4 rings (SSSR count). The SMILES string of the molecule is CCCCCCOc1ccccc1/C=c1/sc2nc(-c3ccc(Br)cc3)nn2c1=O. The van der Waals surface area contributed by atoms with Crippen LogP contribution in [0.5, 0.6) is 5.75 Å². The summed E-state index contributed by atoms with van der Waals surface area (Å²) < 4.78 is 8.92. The number of hydrogen-bond acceptors (Lipinski definition) is 5. The number of thiazole rings is 1. The van der Waals surface area contributed by atoms with Crippen molar-refractivity contribution in [3.8, 4) is 17.1 Å². The molecular weight excluding hydrogens is 462 g/mol. The summed E-state index contributed by atoms with van der Waals surface area (Å²) in [7, 11) is 0. The zero-order valence-corrected chi connectivity index (χ0v) is 19.1. The maximum atomic E-state index is 12.9. The second-order valence-corrected chi connectivity index (χ2v) is 8.92. The molecular formula is C23H22BrN3O2S. The van der Waals surface area contributed by atoms with Gasteiger partial charge in [0, 0.05) is 15.6 Å². The maximum Gasteiger partial charge on any atom is 0.291 e. The summed E-state index contributed by atoms with van der Waals surface area (Å²) in [4.78, 5) is 18.0. The van der Waals surface area contributed by atoms with Crippen molar-refractivity contribution in [1.29, 1.82) is 0 Å². The molecule has 30 heavy (non-hydrogen) atoms. The van der Waals surface area contributed by atoms with Gasteiger partial charge in [0.2, 0.25) is 4.96 Å². The predicted octanol–water partition coefficient (Wildman–Crippen LogP) is 5.09. The van der Waals surface area contributed by atoms with Crippen LogP contribution >= 0.6 is 27.3 Å². The average molecular weight is 484 g/mol. The number of hydrogen-bond donors (Lipinski definition) is 0. The minimum atomic E-state index is -0.163. The lowest BCUT2D eigenvalue weighted by atomic mass is 10.2. The third-order valence-electron chi connectivity index (χ3n) is 4.75. The number of halogens is 1. The molecule has 0 aliphatic carbocycles. The van der Waals surface area contributed by atoms with Gasteiger partial charge < -0.3 is 4.74 Å². The maximum absolute atomic E-state index is 12.9. The van der Waals surface area contributed by atoms with Gasteiger partial charge in [-0.3, -0.25) is 4.79 Å². The fraction of sp³-hybridized carbons (Fsp3) is 0.261. The van der Waals surface area contributed by atoms with Crippen LogP contribution in [0.25, 0.3) is 22.4 Å². The smallest absolute Gasteiger partial charge is 0.291 e. The molecule has 154 valence electrons. The van der Waals surface area contributed by atoms with Crippen molar-refractivity contribution in [2.45, 2.75) is 32.6 Å². The van der Waals surface area contributed by atoms with Gasteiger partial charge in [-0.1, -0.05) is 83.8 Å². The zero-order chi connectivity index (χ0) is 20.9. The van der Waals surface area contributed by atoms with Crippen LogP contribution in [0.3, 0.4) is 0 Å². The Morgan fingerprint density at radius 2 is 1.90 bits per heavy atom. The molecule has 0 fully saturated rings. The van der Waals surface area contributed by atoms with Crippen molar-refractivity contribution in [2.75, 3.05) is 6.61 Å². The molecule has 2 heterocycles. The summed E-state index contributed by atoms with van der Waals surface area (Å²) >= 11 is 4.76. The van der Waals surface area contributed by atoms with Crippen LogP contribution in [0.2, 0.25) is 0 Å². The topological polar surface area (TPSA) is 56.5 Å². The van der Waals surface area contributed by atoms with Crippen LogP contribution in [0, 0.1) is 0 Å². The van der Waals surface area contributed by atoms with E-state index < -0.39 is 0 Å². The van der Waals surface area contributed by atoms with Gasteiger partial charge in [-0.15, -0.1) is 5.10 Å². The molecule has 0 aliphatic rings. The normalized spacial score (nSPS) is 12.0. The highest BCUT2D eigenvalue weighted by Crippen LogP contribution is 2.21. The molecule has 7 heteroatoms. The van der Waals surface area contributed by atoms with Crippen molar-refractivity contribution >= 4 is 38.3 Å². The van der Waals surface area contributed by atoms with Crippen molar-refractivity contribution < 1.29 is 4.74 Å². The highest BCUT2D eigenvalue weighted by atomic mass is 79.9. The van der Waals surface area contributed by atoms with Crippen LogP contribution < -0.4 is 14.8 Å². The predicted molar refractivity (Wildman–Crippen MR) is 125 cm³/mol. The molecule has 0 amide bonds. The lowest BCUT2D eigenvalue weighted by molar-refractivity contribution is 0.304.